The molecule has 1 N–H and O–H groups in total. The van der Waals surface area contributed by atoms with Gasteiger partial charge < -0.3 is 4.42 Å². The van der Waals surface area contributed by atoms with Crippen LogP contribution in [0.3, 0.4) is 0 Å². The van der Waals surface area contributed by atoms with Crippen LogP contribution in [0.25, 0.3) is 22.8 Å². The fourth-order valence-electron chi connectivity index (χ4n) is 2.33. The maximum Gasteiger partial charge on any atom is 0.247 e. The molecule has 0 bridgehead atoms. The van der Waals surface area contributed by atoms with Crippen LogP contribution in [-0.2, 0) is 0 Å². The molecular formula is C18H15N5OS. The van der Waals surface area contributed by atoms with Crippen LogP contribution in [0.2, 0.25) is 0 Å². The first kappa shape index (κ1) is 15.6. The van der Waals surface area contributed by atoms with E-state index in [9.17, 15) is 0 Å². The molecule has 7 heteroatoms. The van der Waals surface area contributed by atoms with Crippen molar-refractivity contribution in [1.29, 1.82) is 0 Å². The van der Waals surface area contributed by atoms with E-state index in [2.05, 4.69) is 25.4 Å². The van der Waals surface area contributed by atoms with Gasteiger partial charge in [-0.2, -0.15) is 0 Å². The van der Waals surface area contributed by atoms with Crippen molar-refractivity contribution in [2.45, 2.75) is 17.3 Å². The van der Waals surface area contributed by atoms with Crippen LogP contribution in [0.4, 0.5) is 0 Å². The number of benzene rings is 2. The van der Waals surface area contributed by atoms with E-state index in [1.807, 2.05) is 67.6 Å². The maximum absolute atomic E-state index is 5.79. The topological polar surface area (TPSA) is 80.5 Å². The highest BCUT2D eigenvalue weighted by atomic mass is 32.2. The zero-order chi connectivity index (χ0) is 17.1. The summed E-state index contributed by atoms with van der Waals surface area (Å²) in [4.78, 5) is 4.52. The lowest BCUT2D eigenvalue weighted by molar-refractivity contribution is 0.509. The van der Waals surface area contributed by atoms with Crippen molar-refractivity contribution in [2.75, 3.05) is 0 Å². The summed E-state index contributed by atoms with van der Waals surface area (Å²) in [7, 11) is 0. The molecule has 25 heavy (non-hydrogen) atoms. The number of H-pyrrole nitrogens is 1. The van der Waals surface area contributed by atoms with E-state index >= 15 is 0 Å². The molecule has 0 aliphatic carbocycles. The third-order valence-corrected chi connectivity index (χ3v) is 4.55. The van der Waals surface area contributed by atoms with E-state index in [4.69, 9.17) is 4.42 Å². The quantitative estimate of drug-likeness (QED) is 0.539. The molecule has 1 atom stereocenters. The normalized spacial score (nSPS) is 12.2. The zero-order valence-electron chi connectivity index (χ0n) is 13.5. The summed E-state index contributed by atoms with van der Waals surface area (Å²) in [5.74, 6) is 1.81. The summed E-state index contributed by atoms with van der Waals surface area (Å²) >= 11 is 1.47. The molecule has 0 aliphatic heterocycles. The minimum atomic E-state index is -0.0515. The Morgan fingerprint density at radius 1 is 0.920 bits per heavy atom. The van der Waals surface area contributed by atoms with Crippen LogP contribution in [0.5, 0.6) is 0 Å². The van der Waals surface area contributed by atoms with Crippen molar-refractivity contribution in [2.24, 2.45) is 0 Å². The molecule has 2 heterocycles. The van der Waals surface area contributed by atoms with Gasteiger partial charge in [-0.3, -0.25) is 5.10 Å². The summed E-state index contributed by atoms with van der Waals surface area (Å²) < 4.78 is 5.79. The van der Waals surface area contributed by atoms with Gasteiger partial charge in [-0.05, 0) is 19.1 Å². The van der Waals surface area contributed by atoms with Gasteiger partial charge in [-0.1, -0.05) is 60.3 Å². The fraction of sp³-hybridized carbons (Fsp3) is 0.111. The molecule has 4 aromatic rings. The molecule has 4 rings (SSSR count). The van der Waals surface area contributed by atoms with Gasteiger partial charge >= 0.3 is 0 Å². The predicted octanol–water partition coefficient (Wildman–Crippen LogP) is 4.38. The van der Waals surface area contributed by atoms with Crippen LogP contribution in [0.15, 0.2) is 70.2 Å². The highest BCUT2D eigenvalue weighted by Gasteiger charge is 2.18. The lowest BCUT2D eigenvalue weighted by Crippen LogP contribution is -1.89. The number of thioether (sulfide) groups is 1. The Labute approximate surface area is 148 Å². The monoisotopic (exact) mass is 349 g/mol. The van der Waals surface area contributed by atoms with E-state index < -0.39 is 0 Å². The van der Waals surface area contributed by atoms with Crippen LogP contribution < -0.4 is 0 Å². The number of aromatic nitrogens is 5. The summed E-state index contributed by atoms with van der Waals surface area (Å²) in [5.41, 5.74) is 1.90. The number of nitrogens with zero attached hydrogens (tertiary/aromatic N) is 4. The largest absolute Gasteiger partial charge is 0.419 e. The SMILES string of the molecule is C[C@@H](Sc1n[nH]c(-c2ccccc2)n1)c1nnc(-c2ccccc2)o1. The summed E-state index contributed by atoms with van der Waals surface area (Å²) in [6.07, 6.45) is 0. The van der Waals surface area contributed by atoms with Crippen molar-refractivity contribution < 1.29 is 4.42 Å². The molecule has 0 radical (unpaired) electrons. The number of hydrogen-bond donors (Lipinski definition) is 1. The van der Waals surface area contributed by atoms with E-state index in [-0.39, 0.29) is 5.25 Å². The van der Waals surface area contributed by atoms with Crippen LogP contribution in [0.1, 0.15) is 18.1 Å². The van der Waals surface area contributed by atoms with Crippen molar-refractivity contribution in [1.82, 2.24) is 25.4 Å². The molecule has 2 aromatic carbocycles. The average molecular weight is 349 g/mol. The number of rotatable bonds is 5. The molecule has 0 fully saturated rings. The Hall–Kier alpha value is -2.93. The Balaban J connectivity index is 1.49. The number of aromatic amines is 1. The summed E-state index contributed by atoms with van der Waals surface area (Å²) in [5, 5.41) is 16.1. The van der Waals surface area contributed by atoms with Gasteiger partial charge in [0.05, 0.1) is 5.25 Å². The van der Waals surface area contributed by atoms with Crippen LogP contribution >= 0.6 is 11.8 Å². The molecule has 0 aliphatic rings. The standard InChI is InChI=1S/C18H15N5OS/c1-12(16-21-22-17(24-16)14-10-6-3-7-11-14)25-18-19-15(20-23-18)13-8-4-2-5-9-13/h2-12H,1H3,(H,19,20,23)/t12-/m1/s1. The molecule has 0 spiro atoms. The second-order valence-electron chi connectivity index (χ2n) is 5.40. The second kappa shape index (κ2) is 6.90. The Kier molecular flexibility index (Phi) is 4.30. The summed E-state index contributed by atoms with van der Waals surface area (Å²) in [6, 6.07) is 19.6. The molecule has 0 saturated heterocycles. The molecule has 2 aromatic heterocycles. The Morgan fingerprint density at radius 3 is 2.32 bits per heavy atom. The molecular weight excluding hydrogens is 334 g/mol. The first-order valence-corrected chi connectivity index (χ1v) is 8.71. The Bertz CT molecular complexity index is 952. The zero-order valence-corrected chi connectivity index (χ0v) is 14.3. The highest BCUT2D eigenvalue weighted by molar-refractivity contribution is 7.99. The van der Waals surface area contributed by atoms with Gasteiger partial charge in [0.2, 0.25) is 16.9 Å². The van der Waals surface area contributed by atoms with Crippen molar-refractivity contribution in [3.8, 4) is 22.8 Å². The minimum absolute atomic E-state index is 0.0515. The van der Waals surface area contributed by atoms with Gasteiger partial charge in [0.1, 0.15) is 0 Å². The highest BCUT2D eigenvalue weighted by Crippen LogP contribution is 2.33. The molecule has 6 nitrogen and oxygen atoms in total. The average Bonchev–Trinajstić information content (AvgIpc) is 3.33. The number of nitrogens with one attached hydrogen (secondary N) is 1. The van der Waals surface area contributed by atoms with Crippen molar-refractivity contribution in [3.05, 3.63) is 66.6 Å². The molecule has 124 valence electrons. The molecule has 0 saturated carbocycles. The van der Waals surface area contributed by atoms with E-state index in [1.54, 1.807) is 0 Å². The van der Waals surface area contributed by atoms with Gasteiger partial charge in [-0.15, -0.1) is 15.3 Å². The van der Waals surface area contributed by atoms with E-state index in [1.165, 1.54) is 11.8 Å². The lowest BCUT2D eigenvalue weighted by atomic mass is 10.2. The first-order chi connectivity index (χ1) is 12.3. The van der Waals surface area contributed by atoms with Gasteiger partial charge in [0.25, 0.3) is 0 Å². The smallest absolute Gasteiger partial charge is 0.247 e. The number of hydrogen-bond acceptors (Lipinski definition) is 6. The van der Waals surface area contributed by atoms with Gasteiger partial charge in [0, 0.05) is 11.1 Å². The predicted molar refractivity (Wildman–Crippen MR) is 95.8 cm³/mol. The lowest BCUT2D eigenvalue weighted by Gasteiger charge is -2.02. The third-order valence-electron chi connectivity index (χ3n) is 3.60. The summed E-state index contributed by atoms with van der Waals surface area (Å²) in [6.45, 7) is 1.99. The van der Waals surface area contributed by atoms with Crippen LogP contribution in [0, 0.1) is 0 Å². The van der Waals surface area contributed by atoms with Gasteiger partial charge in [-0.25, -0.2) is 4.98 Å². The minimum Gasteiger partial charge on any atom is -0.419 e. The Morgan fingerprint density at radius 2 is 1.60 bits per heavy atom. The van der Waals surface area contributed by atoms with Crippen molar-refractivity contribution in [3.63, 3.8) is 0 Å². The van der Waals surface area contributed by atoms with Crippen molar-refractivity contribution >= 4 is 11.8 Å². The molecule has 0 amide bonds. The van der Waals surface area contributed by atoms with Gasteiger partial charge in [0.15, 0.2) is 5.82 Å². The fourth-order valence-corrected chi connectivity index (χ4v) is 3.08. The maximum atomic E-state index is 5.79. The second-order valence-corrected chi connectivity index (χ2v) is 6.71. The van der Waals surface area contributed by atoms with E-state index in [0.717, 1.165) is 17.0 Å². The van der Waals surface area contributed by atoms with E-state index in [0.29, 0.717) is 16.9 Å². The molecule has 0 unspecified atom stereocenters. The van der Waals surface area contributed by atoms with Crippen LogP contribution in [-0.4, -0.2) is 25.4 Å². The third kappa shape index (κ3) is 3.46. The first-order valence-electron chi connectivity index (χ1n) is 7.83.